The van der Waals surface area contributed by atoms with Crippen LogP contribution in [0, 0.1) is 26.9 Å². The maximum atomic E-state index is 10.9. The molecule has 0 spiro atoms. The van der Waals surface area contributed by atoms with E-state index in [2.05, 4.69) is 5.32 Å². The summed E-state index contributed by atoms with van der Waals surface area (Å²) in [5, 5.41) is 31.9. The number of ether oxygens (including phenoxy) is 1. The van der Waals surface area contributed by atoms with Crippen molar-refractivity contribution < 1.29 is 14.8 Å². The van der Waals surface area contributed by atoms with E-state index in [4.69, 9.17) is 10.00 Å². The van der Waals surface area contributed by atoms with Gasteiger partial charge in [0.15, 0.2) is 0 Å². The SMILES string of the molecule is N#Cc1ccc(NCC2(CO)COC2)c([N+](=O)[O-])c1. The second kappa shape index (κ2) is 5.22. The standard InChI is InChI=1S/C12H13N3O4/c13-4-9-1-2-10(11(3-9)15(17)18)14-5-12(6-16)7-19-8-12/h1-3,14,16H,5-8H2. The van der Waals surface area contributed by atoms with Crippen LogP contribution in [0.3, 0.4) is 0 Å². The third-order valence-electron chi connectivity index (χ3n) is 3.13. The van der Waals surface area contributed by atoms with Gasteiger partial charge >= 0.3 is 0 Å². The summed E-state index contributed by atoms with van der Waals surface area (Å²) in [5.41, 5.74) is 0.0547. The summed E-state index contributed by atoms with van der Waals surface area (Å²) >= 11 is 0. The van der Waals surface area contributed by atoms with Crippen LogP contribution in [0.1, 0.15) is 5.56 Å². The fourth-order valence-corrected chi connectivity index (χ4v) is 1.82. The molecule has 1 aromatic carbocycles. The van der Waals surface area contributed by atoms with Crippen LogP contribution in [0.15, 0.2) is 18.2 Å². The van der Waals surface area contributed by atoms with Crippen LogP contribution in [0.5, 0.6) is 0 Å². The molecule has 1 aliphatic heterocycles. The Bertz CT molecular complexity index is 529. The molecule has 0 saturated carbocycles. The minimum Gasteiger partial charge on any atom is -0.396 e. The Morgan fingerprint density at radius 3 is 2.79 bits per heavy atom. The molecule has 0 amide bonds. The number of nitrogens with zero attached hydrogens (tertiary/aromatic N) is 2. The van der Waals surface area contributed by atoms with Gasteiger partial charge in [-0.1, -0.05) is 0 Å². The number of nitro benzene ring substituents is 1. The molecule has 1 heterocycles. The summed E-state index contributed by atoms with van der Waals surface area (Å²) < 4.78 is 5.05. The lowest BCUT2D eigenvalue weighted by Crippen LogP contribution is -2.50. The van der Waals surface area contributed by atoms with Crippen LogP contribution < -0.4 is 5.32 Å². The Labute approximate surface area is 109 Å². The van der Waals surface area contributed by atoms with Gasteiger partial charge in [0.05, 0.1) is 41.8 Å². The van der Waals surface area contributed by atoms with Crippen LogP contribution in [-0.4, -0.2) is 36.4 Å². The van der Waals surface area contributed by atoms with Gasteiger partial charge in [-0.15, -0.1) is 0 Å². The zero-order valence-corrected chi connectivity index (χ0v) is 10.1. The average Bonchev–Trinajstić information content (AvgIpc) is 2.38. The van der Waals surface area contributed by atoms with Crippen molar-refractivity contribution in [2.24, 2.45) is 5.41 Å². The summed E-state index contributed by atoms with van der Waals surface area (Å²) in [6.45, 7) is 1.21. The van der Waals surface area contributed by atoms with Crippen molar-refractivity contribution in [2.75, 3.05) is 31.7 Å². The van der Waals surface area contributed by atoms with E-state index in [1.165, 1.54) is 18.2 Å². The van der Waals surface area contributed by atoms with E-state index in [0.29, 0.717) is 25.4 Å². The zero-order chi connectivity index (χ0) is 13.9. The van der Waals surface area contributed by atoms with E-state index in [0.717, 1.165) is 0 Å². The second-order valence-corrected chi connectivity index (χ2v) is 4.61. The molecule has 2 rings (SSSR count). The minimum atomic E-state index is -0.536. The lowest BCUT2D eigenvalue weighted by molar-refractivity contribution is -0.384. The zero-order valence-electron chi connectivity index (χ0n) is 10.1. The van der Waals surface area contributed by atoms with Gasteiger partial charge in [0.25, 0.3) is 5.69 Å². The molecular formula is C12H13N3O4. The molecule has 2 N–H and O–H groups in total. The molecule has 100 valence electrons. The number of nitriles is 1. The fraction of sp³-hybridized carbons (Fsp3) is 0.417. The van der Waals surface area contributed by atoms with Crippen LogP contribution in [0.2, 0.25) is 0 Å². The van der Waals surface area contributed by atoms with Crippen molar-refractivity contribution in [2.45, 2.75) is 0 Å². The quantitative estimate of drug-likeness (QED) is 0.603. The number of rotatable bonds is 5. The Hall–Kier alpha value is -2.17. The normalized spacial score (nSPS) is 16.2. The molecule has 7 heteroatoms. The van der Waals surface area contributed by atoms with Crippen LogP contribution in [0.4, 0.5) is 11.4 Å². The van der Waals surface area contributed by atoms with Gasteiger partial charge in [0.1, 0.15) is 5.69 Å². The molecule has 0 atom stereocenters. The summed E-state index contributed by atoms with van der Waals surface area (Å²) in [6, 6.07) is 6.10. The molecule has 1 fully saturated rings. The monoisotopic (exact) mass is 263 g/mol. The number of aliphatic hydroxyl groups excluding tert-OH is 1. The molecule has 0 unspecified atom stereocenters. The van der Waals surface area contributed by atoms with Crippen molar-refractivity contribution in [3.8, 4) is 6.07 Å². The summed E-state index contributed by atoms with van der Waals surface area (Å²) in [5.74, 6) is 0. The third kappa shape index (κ3) is 2.65. The van der Waals surface area contributed by atoms with Crippen molar-refractivity contribution in [3.63, 3.8) is 0 Å². The summed E-state index contributed by atoms with van der Waals surface area (Å²) in [4.78, 5) is 10.4. The van der Waals surface area contributed by atoms with Crippen LogP contribution in [0.25, 0.3) is 0 Å². The molecule has 1 aromatic rings. The molecule has 0 radical (unpaired) electrons. The van der Waals surface area contributed by atoms with Crippen LogP contribution in [-0.2, 0) is 4.74 Å². The molecule has 7 nitrogen and oxygen atoms in total. The van der Waals surface area contributed by atoms with Gasteiger partial charge in [-0.2, -0.15) is 5.26 Å². The number of hydrogen-bond acceptors (Lipinski definition) is 6. The molecule has 1 saturated heterocycles. The second-order valence-electron chi connectivity index (χ2n) is 4.61. The number of aliphatic hydroxyl groups is 1. The largest absolute Gasteiger partial charge is 0.396 e. The van der Waals surface area contributed by atoms with E-state index >= 15 is 0 Å². The van der Waals surface area contributed by atoms with Gasteiger partial charge in [0.2, 0.25) is 0 Å². The van der Waals surface area contributed by atoms with Crippen molar-refractivity contribution in [1.29, 1.82) is 5.26 Å². The smallest absolute Gasteiger partial charge is 0.293 e. The summed E-state index contributed by atoms with van der Waals surface area (Å²) in [6.07, 6.45) is 0. The van der Waals surface area contributed by atoms with E-state index in [1.807, 2.05) is 6.07 Å². The van der Waals surface area contributed by atoms with E-state index < -0.39 is 4.92 Å². The number of hydrogen-bond donors (Lipinski definition) is 2. The van der Waals surface area contributed by atoms with Gasteiger partial charge in [-0.3, -0.25) is 10.1 Å². The lowest BCUT2D eigenvalue weighted by atomic mass is 9.87. The maximum absolute atomic E-state index is 10.9. The predicted octanol–water partition coefficient (Wildman–Crippen LogP) is 0.887. The number of nitro groups is 1. The maximum Gasteiger partial charge on any atom is 0.293 e. The van der Waals surface area contributed by atoms with E-state index in [9.17, 15) is 15.2 Å². The number of benzene rings is 1. The lowest BCUT2D eigenvalue weighted by Gasteiger charge is -2.40. The number of nitrogens with one attached hydrogen (secondary N) is 1. The highest BCUT2D eigenvalue weighted by Gasteiger charge is 2.38. The van der Waals surface area contributed by atoms with Crippen molar-refractivity contribution >= 4 is 11.4 Å². The molecule has 19 heavy (non-hydrogen) atoms. The molecular weight excluding hydrogens is 250 g/mol. The van der Waals surface area contributed by atoms with Gasteiger partial charge < -0.3 is 15.2 Å². The van der Waals surface area contributed by atoms with Crippen molar-refractivity contribution in [3.05, 3.63) is 33.9 Å². The van der Waals surface area contributed by atoms with E-state index in [-0.39, 0.29) is 23.3 Å². The fourth-order valence-electron chi connectivity index (χ4n) is 1.82. The first-order valence-electron chi connectivity index (χ1n) is 5.71. The minimum absolute atomic E-state index is 0.0376. The Balaban J connectivity index is 2.16. The highest BCUT2D eigenvalue weighted by atomic mass is 16.6. The highest BCUT2D eigenvalue weighted by molar-refractivity contribution is 5.64. The van der Waals surface area contributed by atoms with Crippen LogP contribution >= 0.6 is 0 Å². The van der Waals surface area contributed by atoms with Gasteiger partial charge in [0, 0.05) is 12.6 Å². The Morgan fingerprint density at radius 1 is 1.58 bits per heavy atom. The van der Waals surface area contributed by atoms with Crippen molar-refractivity contribution in [1.82, 2.24) is 0 Å². The predicted molar refractivity (Wildman–Crippen MR) is 66.6 cm³/mol. The average molecular weight is 263 g/mol. The first-order valence-corrected chi connectivity index (χ1v) is 5.71. The summed E-state index contributed by atoms with van der Waals surface area (Å²) in [7, 11) is 0. The topological polar surface area (TPSA) is 108 Å². The first-order chi connectivity index (χ1) is 9.10. The molecule has 1 aliphatic rings. The molecule has 0 aliphatic carbocycles. The Morgan fingerprint density at radius 2 is 2.32 bits per heavy atom. The van der Waals surface area contributed by atoms with Gasteiger partial charge in [-0.25, -0.2) is 0 Å². The van der Waals surface area contributed by atoms with E-state index in [1.54, 1.807) is 0 Å². The van der Waals surface area contributed by atoms with Gasteiger partial charge in [-0.05, 0) is 12.1 Å². The third-order valence-corrected chi connectivity index (χ3v) is 3.13. The first kappa shape index (κ1) is 13.3. The molecule has 0 aromatic heterocycles. The molecule has 0 bridgehead atoms. The Kier molecular flexibility index (Phi) is 3.64. The highest BCUT2D eigenvalue weighted by Crippen LogP contribution is 2.30. The number of anilines is 1.